The molecule has 2 amide bonds. The second-order valence-electron chi connectivity index (χ2n) is 6.71. The molecule has 1 aromatic carbocycles. The highest BCUT2D eigenvalue weighted by Gasteiger charge is 2.45. The zero-order valence-electron chi connectivity index (χ0n) is 15.8. The molecule has 1 aliphatic rings. The summed E-state index contributed by atoms with van der Waals surface area (Å²) in [5.41, 5.74) is 1.34. The normalized spacial score (nSPS) is 15.6. The van der Waals surface area contributed by atoms with Gasteiger partial charge in [-0.05, 0) is 31.9 Å². The Morgan fingerprint density at radius 2 is 1.78 bits per heavy atom. The van der Waals surface area contributed by atoms with Gasteiger partial charge in [-0.15, -0.1) is 0 Å². The van der Waals surface area contributed by atoms with E-state index in [4.69, 9.17) is 9.15 Å². The van der Waals surface area contributed by atoms with E-state index in [9.17, 15) is 14.4 Å². The van der Waals surface area contributed by atoms with E-state index in [0.29, 0.717) is 23.3 Å². The van der Waals surface area contributed by atoms with Crippen molar-refractivity contribution >= 4 is 17.8 Å². The van der Waals surface area contributed by atoms with E-state index in [1.54, 1.807) is 38.1 Å². The zero-order chi connectivity index (χ0) is 19.7. The number of oxazole rings is 1. The number of fused-ring (bicyclic) bond motifs is 1. The molecule has 7 nitrogen and oxygen atoms in total. The van der Waals surface area contributed by atoms with Crippen LogP contribution in [0.15, 0.2) is 28.7 Å². The number of carbonyl (C=O) groups is 3. The minimum absolute atomic E-state index is 0.149. The lowest BCUT2D eigenvalue weighted by Gasteiger charge is -2.28. The molecule has 7 heteroatoms. The number of hydrogen-bond donors (Lipinski definition) is 0. The molecule has 2 aromatic rings. The van der Waals surface area contributed by atoms with Crippen LogP contribution in [0.2, 0.25) is 0 Å². The highest BCUT2D eigenvalue weighted by atomic mass is 16.5. The van der Waals surface area contributed by atoms with E-state index < -0.39 is 23.8 Å². The van der Waals surface area contributed by atoms with Crippen LogP contribution in [0.1, 0.15) is 58.3 Å². The van der Waals surface area contributed by atoms with Crippen molar-refractivity contribution < 1.29 is 23.5 Å². The molecule has 0 saturated carbocycles. The smallest absolute Gasteiger partial charge is 0.330 e. The van der Waals surface area contributed by atoms with Crippen molar-refractivity contribution in [3.8, 4) is 0 Å². The molecular formula is C20H22N2O5. The standard InChI is InChI=1S/C20H22N2O5/c1-5-11(2)17(20(25)26-10-16-21-12(3)13(4)27-16)22-18(23)14-8-6-7-9-15(14)19(22)24/h6-9,11,17H,5,10H2,1-4H3/t11-,17-/m0/s1. The molecule has 0 fully saturated rings. The van der Waals surface area contributed by atoms with Crippen LogP contribution in [0, 0.1) is 19.8 Å². The number of rotatable bonds is 6. The Hall–Kier alpha value is -2.96. The van der Waals surface area contributed by atoms with Crippen molar-refractivity contribution in [3.63, 3.8) is 0 Å². The number of benzene rings is 1. The summed E-state index contributed by atoms with van der Waals surface area (Å²) < 4.78 is 10.8. The Kier molecular flexibility index (Phi) is 5.12. The highest BCUT2D eigenvalue weighted by Crippen LogP contribution is 2.29. The Labute approximate surface area is 157 Å². The SMILES string of the molecule is CC[C@H](C)[C@@H](C(=O)OCc1nc(C)c(C)o1)N1C(=O)c2ccccc2C1=O. The molecular weight excluding hydrogens is 348 g/mol. The molecule has 0 N–H and O–H groups in total. The molecule has 0 aliphatic carbocycles. The van der Waals surface area contributed by atoms with Gasteiger partial charge in [0.25, 0.3) is 11.8 Å². The van der Waals surface area contributed by atoms with Crippen LogP contribution in [-0.4, -0.2) is 33.7 Å². The molecule has 0 saturated heterocycles. The number of nitrogens with zero attached hydrogens (tertiary/aromatic N) is 2. The second-order valence-corrected chi connectivity index (χ2v) is 6.71. The van der Waals surface area contributed by atoms with Gasteiger partial charge in [0.1, 0.15) is 11.8 Å². The van der Waals surface area contributed by atoms with Gasteiger partial charge in [-0.1, -0.05) is 32.4 Å². The number of ether oxygens (including phenoxy) is 1. The van der Waals surface area contributed by atoms with Crippen LogP contribution in [0.3, 0.4) is 0 Å². The van der Waals surface area contributed by atoms with Crippen molar-refractivity contribution in [3.05, 3.63) is 52.7 Å². The fourth-order valence-corrected chi connectivity index (χ4v) is 3.10. The van der Waals surface area contributed by atoms with Gasteiger partial charge in [0.2, 0.25) is 5.89 Å². The molecule has 27 heavy (non-hydrogen) atoms. The predicted molar refractivity (Wildman–Crippen MR) is 96.0 cm³/mol. The molecule has 2 atom stereocenters. The summed E-state index contributed by atoms with van der Waals surface area (Å²) in [5.74, 6) is -0.912. The van der Waals surface area contributed by atoms with Crippen LogP contribution in [-0.2, 0) is 16.1 Å². The Morgan fingerprint density at radius 1 is 1.19 bits per heavy atom. The summed E-state index contributed by atoms with van der Waals surface area (Å²) in [4.78, 5) is 43.5. The van der Waals surface area contributed by atoms with Gasteiger partial charge in [0.05, 0.1) is 16.8 Å². The van der Waals surface area contributed by atoms with E-state index in [1.165, 1.54) is 0 Å². The van der Waals surface area contributed by atoms with E-state index in [-0.39, 0.29) is 18.4 Å². The Bertz CT molecular complexity index is 847. The fourth-order valence-electron chi connectivity index (χ4n) is 3.10. The van der Waals surface area contributed by atoms with Gasteiger partial charge in [0.15, 0.2) is 6.61 Å². The maximum atomic E-state index is 12.8. The average Bonchev–Trinajstić information content (AvgIpc) is 3.11. The largest absolute Gasteiger partial charge is 0.454 e. The first kappa shape index (κ1) is 18.8. The molecule has 1 aromatic heterocycles. The zero-order valence-corrected chi connectivity index (χ0v) is 15.8. The first-order valence-electron chi connectivity index (χ1n) is 8.91. The maximum absolute atomic E-state index is 12.8. The monoisotopic (exact) mass is 370 g/mol. The summed E-state index contributed by atoms with van der Waals surface area (Å²) >= 11 is 0. The highest BCUT2D eigenvalue weighted by molar-refractivity contribution is 6.22. The fraction of sp³-hybridized carbons (Fsp3) is 0.400. The number of carbonyl (C=O) groups excluding carboxylic acids is 3. The number of aryl methyl sites for hydroxylation is 2. The lowest BCUT2D eigenvalue weighted by Crippen LogP contribution is -2.49. The first-order chi connectivity index (χ1) is 12.8. The Morgan fingerprint density at radius 3 is 2.26 bits per heavy atom. The Balaban J connectivity index is 1.83. The third kappa shape index (κ3) is 3.37. The number of amides is 2. The van der Waals surface area contributed by atoms with Crippen LogP contribution >= 0.6 is 0 Å². The number of aromatic nitrogens is 1. The molecule has 142 valence electrons. The van der Waals surface area contributed by atoms with E-state index in [1.807, 2.05) is 13.8 Å². The molecule has 0 radical (unpaired) electrons. The van der Waals surface area contributed by atoms with Gasteiger partial charge in [-0.2, -0.15) is 0 Å². The minimum atomic E-state index is -1.00. The summed E-state index contributed by atoms with van der Waals surface area (Å²) in [7, 11) is 0. The molecule has 0 unspecified atom stereocenters. The van der Waals surface area contributed by atoms with E-state index in [0.717, 1.165) is 10.6 Å². The van der Waals surface area contributed by atoms with Crippen LogP contribution < -0.4 is 0 Å². The molecule has 0 spiro atoms. The lowest BCUT2D eigenvalue weighted by atomic mass is 9.97. The van der Waals surface area contributed by atoms with Crippen LogP contribution in [0.4, 0.5) is 0 Å². The molecule has 2 heterocycles. The topological polar surface area (TPSA) is 89.7 Å². The van der Waals surface area contributed by atoms with Gasteiger partial charge < -0.3 is 9.15 Å². The first-order valence-corrected chi connectivity index (χ1v) is 8.91. The average molecular weight is 370 g/mol. The van der Waals surface area contributed by atoms with Gasteiger partial charge >= 0.3 is 5.97 Å². The van der Waals surface area contributed by atoms with Crippen molar-refractivity contribution in [2.24, 2.45) is 5.92 Å². The van der Waals surface area contributed by atoms with Crippen molar-refractivity contribution in [2.45, 2.75) is 46.8 Å². The van der Waals surface area contributed by atoms with E-state index >= 15 is 0 Å². The van der Waals surface area contributed by atoms with Crippen LogP contribution in [0.25, 0.3) is 0 Å². The molecule has 1 aliphatic heterocycles. The van der Waals surface area contributed by atoms with Crippen molar-refractivity contribution in [1.82, 2.24) is 9.88 Å². The second kappa shape index (κ2) is 7.34. The van der Waals surface area contributed by atoms with Crippen molar-refractivity contribution in [1.29, 1.82) is 0 Å². The predicted octanol–water partition coefficient (Wildman–Crippen LogP) is 3.05. The third-order valence-electron chi connectivity index (χ3n) is 4.94. The quantitative estimate of drug-likeness (QED) is 0.573. The number of imide groups is 1. The summed E-state index contributed by atoms with van der Waals surface area (Å²) in [6.45, 7) is 7.13. The lowest BCUT2D eigenvalue weighted by molar-refractivity contribution is -0.152. The van der Waals surface area contributed by atoms with E-state index in [2.05, 4.69) is 4.98 Å². The summed E-state index contributed by atoms with van der Waals surface area (Å²) in [6.07, 6.45) is 0.602. The molecule has 0 bridgehead atoms. The third-order valence-corrected chi connectivity index (χ3v) is 4.94. The van der Waals surface area contributed by atoms with Crippen LogP contribution in [0.5, 0.6) is 0 Å². The maximum Gasteiger partial charge on any atom is 0.330 e. The number of esters is 1. The van der Waals surface area contributed by atoms with Gasteiger partial charge in [-0.25, -0.2) is 9.78 Å². The van der Waals surface area contributed by atoms with Gasteiger partial charge in [-0.3, -0.25) is 14.5 Å². The summed E-state index contributed by atoms with van der Waals surface area (Å²) in [6, 6.07) is 5.56. The number of hydrogen-bond acceptors (Lipinski definition) is 6. The summed E-state index contributed by atoms with van der Waals surface area (Å²) in [5, 5.41) is 0. The van der Waals surface area contributed by atoms with Crippen molar-refractivity contribution in [2.75, 3.05) is 0 Å². The minimum Gasteiger partial charge on any atom is -0.454 e. The molecule has 3 rings (SSSR count). The van der Waals surface area contributed by atoms with Gasteiger partial charge in [0, 0.05) is 0 Å².